The third-order valence-electron chi connectivity index (χ3n) is 3.52. The smallest absolute Gasteiger partial charge is 0.124 e. The normalized spacial score (nSPS) is 12.4. The average molecular weight is 404 g/mol. The molecule has 0 aliphatic carbocycles. The summed E-state index contributed by atoms with van der Waals surface area (Å²) in [6.07, 6.45) is 4.98. The molecule has 1 atom stereocenters. The molecule has 4 nitrogen and oxygen atoms in total. The molecule has 2 N–H and O–H groups in total. The first-order valence-electron chi connectivity index (χ1n) is 7.85. The first-order valence-corrected chi connectivity index (χ1v) is 8.39. The number of benzene rings is 2. The zero-order valence-electron chi connectivity index (χ0n) is 13.7. The maximum Gasteiger partial charge on any atom is 0.124 e. The van der Waals surface area contributed by atoms with Gasteiger partial charge in [-0.3, -0.25) is 9.98 Å². The number of aliphatic imine (C=N–C) groups is 2. The molecule has 0 saturated heterocycles. The van der Waals surface area contributed by atoms with Gasteiger partial charge in [0.15, 0.2) is 0 Å². The molecule has 0 aliphatic heterocycles. The largest absolute Gasteiger partial charge is 0.507 e. The third-order valence-corrected chi connectivity index (χ3v) is 3.78. The van der Waals surface area contributed by atoms with Gasteiger partial charge in [-0.1, -0.05) is 24.3 Å². The van der Waals surface area contributed by atoms with Crippen molar-refractivity contribution in [3.63, 3.8) is 0 Å². The topological polar surface area (TPSA) is 65.2 Å². The summed E-state index contributed by atoms with van der Waals surface area (Å²) < 4.78 is 0. The zero-order chi connectivity index (χ0) is 17.2. The average Bonchev–Trinajstić information content (AvgIpc) is 2.59. The molecule has 0 aromatic heterocycles. The molecular weight excluding hydrogens is 383 g/mol. The molecule has 0 fully saturated rings. The van der Waals surface area contributed by atoms with Gasteiger partial charge in [0.25, 0.3) is 0 Å². The molecule has 135 valence electrons. The van der Waals surface area contributed by atoms with E-state index in [0.717, 1.165) is 12.8 Å². The van der Waals surface area contributed by atoms with E-state index in [1.165, 1.54) is 0 Å². The Labute approximate surface area is 163 Å². The van der Waals surface area contributed by atoms with E-state index < -0.39 is 0 Å². The maximum atomic E-state index is 9.79. The summed E-state index contributed by atoms with van der Waals surface area (Å²) in [7, 11) is 0. The Morgan fingerprint density at radius 2 is 1.48 bits per heavy atom. The van der Waals surface area contributed by atoms with Crippen LogP contribution >= 0.6 is 11.6 Å². The number of phenolic OH excluding ortho intramolecular Hbond substituents is 2. The number of para-hydroxylation sites is 2. The van der Waals surface area contributed by atoms with Crippen LogP contribution in [0, 0.1) is 0 Å². The molecule has 6 heteroatoms. The minimum Gasteiger partial charge on any atom is -0.507 e. The van der Waals surface area contributed by atoms with E-state index in [-0.39, 0.29) is 34.3 Å². The SMILES string of the molecule is Oc1ccccc1C=NCC(CCCCl)N=Cc1ccccc1O.[Co]. The van der Waals surface area contributed by atoms with Crippen LogP contribution in [0.2, 0.25) is 0 Å². The van der Waals surface area contributed by atoms with Gasteiger partial charge >= 0.3 is 0 Å². The Morgan fingerprint density at radius 3 is 2.04 bits per heavy atom. The number of aromatic hydroxyl groups is 2. The van der Waals surface area contributed by atoms with Crippen LogP contribution < -0.4 is 0 Å². The fourth-order valence-corrected chi connectivity index (χ4v) is 2.33. The molecule has 0 bridgehead atoms. The molecular formula is C19H21ClCoN2O2. The Hall–Kier alpha value is -1.82. The van der Waals surface area contributed by atoms with Crippen LogP contribution in [0.1, 0.15) is 24.0 Å². The van der Waals surface area contributed by atoms with Crippen LogP contribution in [0.4, 0.5) is 0 Å². The van der Waals surface area contributed by atoms with Crippen molar-refractivity contribution in [3.8, 4) is 11.5 Å². The Balaban J connectivity index is 0.00000312. The second-order valence-corrected chi connectivity index (χ2v) is 5.75. The van der Waals surface area contributed by atoms with Crippen LogP contribution in [0.5, 0.6) is 11.5 Å². The molecule has 2 aromatic rings. The van der Waals surface area contributed by atoms with Crippen molar-refractivity contribution in [3.05, 3.63) is 59.7 Å². The summed E-state index contributed by atoms with van der Waals surface area (Å²) in [5, 5.41) is 19.5. The Morgan fingerprint density at radius 1 is 0.920 bits per heavy atom. The van der Waals surface area contributed by atoms with Gasteiger partial charge in [0.05, 0.1) is 12.6 Å². The number of hydrogen-bond donors (Lipinski definition) is 2. The molecule has 1 radical (unpaired) electrons. The van der Waals surface area contributed by atoms with Crippen LogP contribution in [0.3, 0.4) is 0 Å². The van der Waals surface area contributed by atoms with Crippen molar-refractivity contribution in [2.45, 2.75) is 18.9 Å². The summed E-state index contributed by atoms with van der Waals surface area (Å²) in [5.74, 6) is 0.984. The number of alkyl halides is 1. The molecule has 1 unspecified atom stereocenters. The molecule has 0 spiro atoms. The van der Waals surface area contributed by atoms with E-state index in [1.807, 2.05) is 18.2 Å². The maximum absolute atomic E-state index is 9.79. The predicted molar refractivity (Wildman–Crippen MR) is 100 cm³/mol. The van der Waals surface area contributed by atoms with E-state index in [4.69, 9.17) is 11.6 Å². The summed E-state index contributed by atoms with van der Waals surface area (Å²) in [6, 6.07) is 14.1. The zero-order valence-corrected chi connectivity index (χ0v) is 15.5. The van der Waals surface area contributed by atoms with Crippen molar-refractivity contribution < 1.29 is 27.0 Å². The van der Waals surface area contributed by atoms with Gasteiger partial charge < -0.3 is 10.2 Å². The second-order valence-electron chi connectivity index (χ2n) is 5.38. The van der Waals surface area contributed by atoms with Gasteiger partial charge in [-0.15, -0.1) is 11.6 Å². The van der Waals surface area contributed by atoms with Crippen LogP contribution in [-0.2, 0) is 16.8 Å². The number of nitrogens with zero attached hydrogens (tertiary/aromatic N) is 2. The van der Waals surface area contributed by atoms with Crippen LogP contribution in [0.25, 0.3) is 0 Å². The summed E-state index contributed by atoms with van der Waals surface area (Å²) >= 11 is 5.78. The number of hydrogen-bond acceptors (Lipinski definition) is 4. The quantitative estimate of drug-likeness (QED) is 0.516. The van der Waals surface area contributed by atoms with Gasteiger partial charge in [-0.2, -0.15) is 0 Å². The molecule has 0 heterocycles. The van der Waals surface area contributed by atoms with E-state index in [1.54, 1.807) is 42.8 Å². The molecule has 2 rings (SSSR count). The number of halogens is 1. The van der Waals surface area contributed by atoms with E-state index in [2.05, 4.69) is 9.98 Å². The standard InChI is InChI=1S/C19H21ClN2O2.Co/c20-11-5-8-17(22-13-16-7-2-4-10-19(16)24)14-21-12-15-6-1-3-9-18(15)23;/h1-4,6-7,9-10,12-13,17,23-24H,5,8,11,14H2;. The van der Waals surface area contributed by atoms with Crippen molar-refractivity contribution in [2.75, 3.05) is 12.4 Å². The Kier molecular flexibility index (Phi) is 9.92. The minimum absolute atomic E-state index is 0. The molecule has 25 heavy (non-hydrogen) atoms. The van der Waals surface area contributed by atoms with Gasteiger partial charge in [0, 0.05) is 46.2 Å². The molecule has 2 aromatic carbocycles. The number of rotatable bonds is 8. The van der Waals surface area contributed by atoms with Gasteiger partial charge in [-0.05, 0) is 37.1 Å². The van der Waals surface area contributed by atoms with E-state index >= 15 is 0 Å². The van der Waals surface area contributed by atoms with Gasteiger partial charge in [0.1, 0.15) is 11.5 Å². The van der Waals surface area contributed by atoms with Crippen molar-refractivity contribution >= 4 is 24.0 Å². The first-order chi connectivity index (χ1) is 11.7. The van der Waals surface area contributed by atoms with Crippen molar-refractivity contribution in [1.29, 1.82) is 0 Å². The first kappa shape index (κ1) is 21.2. The van der Waals surface area contributed by atoms with Gasteiger partial charge in [-0.25, -0.2) is 0 Å². The van der Waals surface area contributed by atoms with Crippen LogP contribution in [-0.4, -0.2) is 41.1 Å². The van der Waals surface area contributed by atoms with Crippen LogP contribution in [0.15, 0.2) is 58.5 Å². The minimum atomic E-state index is -0.0227. The number of phenols is 2. The molecule has 0 amide bonds. The fourth-order valence-electron chi connectivity index (χ4n) is 2.18. The summed E-state index contributed by atoms with van der Waals surface area (Å²) in [6.45, 7) is 0.495. The third kappa shape index (κ3) is 7.30. The molecule has 0 saturated carbocycles. The second kappa shape index (κ2) is 11.7. The molecule has 0 aliphatic rings. The van der Waals surface area contributed by atoms with E-state index in [0.29, 0.717) is 23.6 Å². The van der Waals surface area contributed by atoms with Crippen molar-refractivity contribution in [2.24, 2.45) is 9.98 Å². The Bertz CT molecular complexity index is 707. The predicted octanol–water partition coefficient (Wildman–Crippen LogP) is 4.02. The summed E-state index contributed by atoms with van der Waals surface area (Å²) in [4.78, 5) is 8.91. The van der Waals surface area contributed by atoms with Crippen molar-refractivity contribution in [1.82, 2.24) is 0 Å². The fraction of sp³-hybridized carbons (Fsp3) is 0.263. The van der Waals surface area contributed by atoms with Gasteiger partial charge in [0.2, 0.25) is 0 Å². The summed E-state index contributed by atoms with van der Waals surface area (Å²) in [5.41, 5.74) is 1.36. The van der Waals surface area contributed by atoms with E-state index in [9.17, 15) is 10.2 Å². The monoisotopic (exact) mass is 403 g/mol.